The second kappa shape index (κ2) is 6.24. The number of hydrogen-bond donors (Lipinski definition) is 1. The maximum atomic E-state index is 11.5. The molecule has 3 heterocycles. The highest BCUT2D eigenvalue weighted by Crippen LogP contribution is 2.29. The second-order valence-corrected chi connectivity index (χ2v) is 6.03. The zero-order valence-electron chi connectivity index (χ0n) is 13.2. The van der Waals surface area contributed by atoms with Gasteiger partial charge < -0.3 is 5.32 Å². The van der Waals surface area contributed by atoms with E-state index in [-0.39, 0.29) is 5.91 Å². The Morgan fingerprint density at radius 1 is 0.875 bits per heavy atom. The van der Waals surface area contributed by atoms with Crippen molar-refractivity contribution in [3.05, 3.63) is 77.9 Å². The van der Waals surface area contributed by atoms with Crippen LogP contribution in [0.1, 0.15) is 16.7 Å². The van der Waals surface area contributed by atoms with Crippen molar-refractivity contribution in [1.82, 2.24) is 9.97 Å². The molecule has 24 heavy (non-hydrogen) atoms. The highest BCUT2D eigenvalue weighted by atomic mass is 16.1. The molecule has 1 N–H and O–H groups in total. The maximum Gasteiger partial charge on any atom is 0.228 e. The molecule has 4 heteroatoms. The fourth-order valence-corrected chi connectivity index (χ4v) is 3.01. The first kappa shape index (κ1) is 14.6. The SMILES string of the molecule is O=C1Cc2ccc(-c3cncc(CCc4ccncc4)c3)cc2N1. The number of amides is 1. The molecule has 1 aliphatic heterocycles. The van der Waals surface area contributed by atoms with E-state index in [1.807, 2.05) is 49.1 Å². The van der Waals surface area contributed by atoms with Gasteiger partial charge in [0.15, 0.2) is 0 Å². The predicted molar refractivity (Wildman–Crippen MR) is 93.7 cm³/mol. The lowest BCUT2D eigenvalue weighted by molar-refractivity contribution is -0.115. The van der Waals surface area contributed by atoms with Crippen LogP contribution in [0.4, 0.5) is 5.69 Å². The number of anilines is 1. The minimum absolute atomic E-state index is 0.0615. The Labute approximate surface area is 140 Å². The Hall–Kier alpha value is -3.01. The number of aromatic nitrogens is 2. The quantitative estimate of drug-likeness (QED) is 0.802. The number of rotatable bonds is 4. The van der Waals surface area contributed by atoms with Crippen LogP contribution in [0.2, 0.25) is 0 Å². The third kappa shape index (κ3) is 3.04. The maximum absolute atomic E-state index is 11.5. The van der Waals surface area contributed by atoms with Gasteiger partial charge in [-0.1, -0.05) is 12.1 Å². The first-order valence-electron chi connectivity index (χ1n) is 8.04. The van der Waals surface area contributed by atoms with Crippen molar-refractivity contribution in [2.24, 2.45) is 0 Å². The van der Waals surface area contributed by atoms with Crippen LogP contribution in [-0.4, -0.2) is 15.9 Å². The highest BCUT2D eigenvalue weighted by molar-refractivity contribution is 5.99. The van der Waals surface area contributed by atoms with Gasteiger partial charge in [0.1, 0.15) is 0 Å². The number of carbonyl (C=O) groups is 1. The molecule has 2 aromatic heterocycles. The summed E-state index contributed by atoms with van der Waals surface area (Å²) in [6.45, 7) is 0. The zero-order chi connectivity index (χ0) is 16.4. The van der Waals surface area contributed by atoms with Crippen molar-refractivity contribution in [3.8, 4) is 11.1 Å². The van der Waals surface area contributed by atoms with Crippen LogP contribution >= 0.6 is 0 Å². The van der Waals surface area contributed by atoms with Crippen LogP contribution in [0, 0.1) is 0 Å². The van der Waals surface area contributed by atoms with Gasteiger partial charge in [0.05, 0.1) is 6.42 Å². The lowest BCUT2D eigenvalue weighted by atomic mass is 10.0. The van der Waals surface area contributed by atoms with Gasteiger partial charge in [-0.05, 0) is 59.4 Å². The molecule has 4 rings (SSSR count). The number of pyridine rings is 2. The summed E-state index contributed by atoms with van der Waals surface area (Å²) in [4.78, 5) is 19.9. The molecule has 0 saturated heterocycles. The number of nitrogens with zero attached hydrogens (tertiary/aromatic N) is 2. The van der Waals surface area contributed by atoms with Crippen molar-refractivity contribution in [3.63, 3.8) is 0 Å². The van der Waals surface area contributed by atoms with Crippen molar-refractivity contribution in [1.29, 1.82) is 0 Å². The smallest absolute Gasteiger partial charge is 0.228 e. The summed E-state index contributed by atoms with van der Waals surface area (Å²) in [5, 5.41) is 2.90. The molecule has 0 bridgehead atoms. The average Bonchev–Trinajstić information content (AvgIpc) is 3.00. The average molecular weight is 315 g/mol. The third-order valence-electron chi connectivity index (χ3n) is 4.31. The number of hydrogen-bond acceptors (Lipinski definition) is 3. The number of benzene rings is 1. The highest BCUT2D eigenvalue weighted by Gasteiger charge is 2.17. The fraction of sp³-hybridized carbons (Fsp3) is 0.150. The van der Waals surface area contributed by atoms with Gasteiger partial charge in [-0.3, -0.25) is 14.8 Å². The van der Waals surface area contributed by atoms with Gasteiger partial charge in [-0.15, -0.1) is 0 Å². The number of carbonyl (C=O) groups excluding carboxylic acids is 1. The molecule has 1 amide bonds. The van der Waals surface area contributed by atoms with Crippen molar-refractivity contribution in [2.75, 3.05) is 5.32 Å². The van der Waals surface area contributed by atoms with E-state index in [2.05, 4.69) is 27.4 Å². The topological polar surface area (TPSA) is 54.9 Å². The summed E-state index contributed by atoms with van der Waals surface area (Å²) in [6.07, 6.45) is 9.81. The van der Waals surface area contributed by atoms with E-state index < -0.39 is 0 Å². The molecule has 1 aromatic carbocycles. The second-order valence-electron chi connectivity index (χ2n) is 6.03. The molecule has 4 nitrogen and oxygen atoms in total. The number of fused-ring (bicyclic) bond motifs is 1. The van der Waals surface area contributed by atoms with Gasteiger partial charge in [0.2, 0.25) is 5.91 Å². The van der Waals surface area contributed by atoms with Crippen LogP contribution in [0.3, 0.4) is 0 Å². The largest absolute Gasteiger partial charge is 0.326 e. The summed E-state index contributed by atoms with van der Waals surface area (Å²) in [5.74, 6) is 0.0615. The third-order valence-corrected chi connectivity index (χ3v) is 4.31. The minimum Gasteiger partial charge on any atom is -0.326 e. The Morgan fingerprint density at radius 2 is 1.71 bits per heavy atom. The van der Waals surface area contributed by atoms with Crippen LogP contribution in [0.25, 0.3) is 11.1 Å². The normalized spacial score (nSPS) is 12.8. The first-order chi connectivity index (χ1) is 11.8. The van der Waals surface area contributed by atoms with Crippen molar-refractivity contribution >= 4 is 11.6 Å². The molecular weight excluding hydrogens is 298 g/mol. The lowest BCUT2D eigenvalue weighted by Gasteiger charge is -2.07. The molecule has 0 aliphatic carbocycles. The first-order valence-corrected chi connectivity index (χ1v) is 8.04. The molecule has 0 saturated carbocycles. The van der Waals surface area contributed by atoms with E-state index in [0.717, 1.165) is 35.2 Å². The summed E-state index contributed by atoms with van der Waals surface area (Å²) in [7, 11) is 0. The molecule has 0 fully saturated rings. The van der Waals surface area contributed by atoms with E-state index >= 15 is 0 Å². The van der Waals surface area contributed by atoms with Gasteiger partial charge in [-0.25, -0.2) is 0 Å². The van der Waals surface area contributed by atoms with Crippen LogP contribution in [-0.2, 0) is 24.1 Å². The number of aryl methyl sites for hydroxylation is 2. The number of nitrogens with one attached hydrogen (secondary N) is 1. The van der Waals surface area contributed by atoms with E-state index in [1.54, 1.807) is 0 Å². The van der Waals surface area contributed by atoms with E-state index in [4.69, 9.17) is 0 Å². The molecule has 0 unspecified atom stereocenters. The van der Waals surface area contributed by atoms with E-state index in [1.165, 1.54) is 11.1 Å². The molecule has 1 aliphatic rings. The van der Waals surface area contributed by atoms with Crippen molar-refractivity contribution < 1.29 is 4.79 Å². The van der Waals surface area contributed by atoms with Crippen LogP contribution in [0.15, 0.2) is 61.2 Å². The molecule has 118 valence electrons. The Kier molecular flexibility index (Phi) is 3.79. The Bertz CT molecular complexity index is 890. The van der Waals surface area contributed by atoms with Gasteiger partial charge in [-0.2, -0.15) is 0 Å². The van der Waals surface area contributed by atoms with Gasteiger partial charge >= 0.3 is 0 Å². The van der Waals surface area contributed by atoms with Crippen LogP contribution in [0.5, 0.6) is 0 Å². The Balaban J connectivity index is 1.55. The summed E-state index contributed by atoms with van der Waals surface area (Å²) >= 11 is 0. The van der Waals surface area contributed by atoms with Gasteiger partial charge in [0, 0.05) is 36.0 Å². The monoisotopic (exact) mass is 315 g/mol. The molecule has 0 spiro atoms. The van der Waals surface area contributed by atoms with E-state index in [0.29, 0.717) is 6.42 Å². The fourth-order valence-electron chi connectivity index (χ4n) is 3.01. The van der Waals surface area contributed by atoms with Crippen LogP contribution < -0.4 is 5.32 Å². The van der Waals surface area contributed by atoms with Gasteiger partial charge in [0.25, 0.3) is 0 Å². The molecule has 0 atom stereocenters. The summed E-state index contributed by atoms with van der Waals surface area (Å²) < 4.78 is 0. The van der Waals surface area contributed by atoms with Crippen molar-refractivity contribution in [2.45, 2.75) is 19.3 Å². The molecule has 0 radical (unpaired) electrons. The zero-order valence-corrected chi connectivity index (χ0v) is 13.2. The summed E-state index contributed by atoms with van der Waals surface area (Å²) in [6, 6.07) is 12.4. The molecule has 3 aromatic rings. The molecular formula is C20H17N3O. The van der Waals surface area contributed by atoms with E-state index in [9.17, 15) is 4.79 Å². The Morgan fingerprint density at radius 3 is 2.58 bits per heavy atom. The summed E-state index contributed by atoms with van der Waals surface area (Å²) in [5.41, 5.74) is 6.61. The standard InChI is InChI=1S/C20H17N3O/c24-20-11-17-4-3-16(10-19(17)23-20)18-9-15(12-22-13-18)2-1-14-5-7-21-8-6-14/h3-10,12-13H,1-2,11H2,(H,23,24). The lowest BCUT2D eigenvalue weighted by Crippen LogP contribution is -2.03. The predicted octanol–water partition coefficient (Wildman–Crippen LogP) is 3.42. The minimum atomic E-state index is 0.0615.